The molecule has 216 valence electrons. The Kier molecular flexibility index (Phi) is 8.62. The number of hydrogen-bond acceptors (Lipinski definition) is 9. The second-order valence-corrected chi connectivity index (χ2v) is 11.0. The lowest BCUT2D eigenvalue weighted by Crippen LogP contribution is -2.56. The maximum Gasteiger partial charge on any atom is 0.268 e. The first-order chi connectivity index (χ1) is 19.8. The quantitative estimate of drug-likeness (QED) is 0.270. The third-order valence-corrected chi connectivity index (χ3v) is 8.56. The second-order valence-electron chi connectivity index (χ2n) is 10.0. The lowest BCUT2D eigenvalue weighted by molar-refractivity contribution is -0.171. The van der Waals surface area contributed by atoms with Gasteiger partial charge >= 0.3 is 0 Å². The first-order valence-electron chi connectivity index (χ1n) is 13.9. The molecule has 0 spiro atoms. The largest absolute Gasteiger partial charge is 0.350 e. The maximum atomic E-state index is 13.5. The fourth-order valence-electron chi connectivity index (χ4n) is 5.08. The fraction of sp³-hybridized carbons (Fsp3) is 0.414. The molecule has 2 unspecified atom stereocenters. The Hall–Kier alpha value is -3.87. The van der Waals surface area contributed by atoms with Crippen molar-refractivity contribution < 1.29 is 14.4 Å². The molecule has 0 radical (unpaired) electrons. The summed E-state index contributed by atoms with van der Waals surface area (Å²) in [5, 5.41) is 10.8. The van der Waals surface area contributed by atoms with Crippen LogP contribution in [0.5, 0.6) is 0 Å². The van der Waals surface area contributed by atoms with Crippen molar-refractivity contribution in [1.29, 1.82) is 0 Å². The van der Waals surface area contributed by atoms with Gasteiger partial charge in [-0.3, -0.25) is 19.3 Å². The van der Waals surface area contributed by atoms with Crippen LogP contribution in [0.4, 0.5) is 5.82 Å². The van der Waals surface area contributed by atoms with Crippen LogP contribution in [-0.4, -0.2) is 93.8 Å². The van der Waals surface area contributed by atoms with E-state index in [4.69, 9.17) is 14.8 Å². The number of thiophene rings is 1. The van der Waals surface area contributed by atoms with E-state index in [-0.39, 0.29) is 17.9 Å². The van der Waals surface area contributed by atoms with Crippen molar-refractivity contribution in [3.05, 3.63) is 53.7 Å². The van der Waals surface area contributed by atoms with Crippen molar-refractivity contribution in [2.24, 2.45) is 0 Å². The third kappa shape index (κ3) is 5.81. The number of pyridine rings is 1. The zero-order chi connectivity index (χ0) is 29.1. The molecule has 12 heteroatoms. The van der Waals surface area contributed by atoms with Gasteiger partial charge < -0.3 is 10.2 Å². The molecular weight excluding hydrogens is 540 g/mol. The summed E-state index contributed by atoms with van der Waals surface area (Å²) in [4.78, 5) is 46.6. The maximum absolute atomic E-state index is 13.5. The summed E-state index contributed by atoms with van der Waals surface area (Å²) in [6.07, 6.45) is 4.26. The van der Waals surface area contributed by atoms with E-state index in [1.54, 1.807) is 41.2 Å². The molecule has 1 aliphatic heterocycles. The summed E-state index contributed by atoms with van der Waals surface area (Å²) in [5.74, 6) is 0.186. The zero-order valence-corrected chi connectivity index (χ0v) is 24.9. The van der Waals surface area contributed by atoms with Gasteiger partial charge in [0.15, 0.2) is 5.65 Å². The number of rotatable bonds is 11. The fourth-order valence-corrected chi connectivity index (χ4v) is 5.78. The third-order valence-electron chi connectivity index (χ3n) is 7.67. The molecule has 41 heavy (non-hydrogen) atoms. The van der Waals surface area contributed by atoms with Crippen LogP contribution < -0.4 is 10.2 Å². The average Bonchev–Trinajstić information content (AvgIpc) is 3.65. The smallest absolute Gasteiger partial charge is 0.268 e. The zero-order valence-electron chi connectivity index (χ0n) is 24.1. The molecule has 2 atom stereocenters. The Labute approximate surface area is 243 Å². The minimum atomic E-state index is -0.422. The van der Waals surface area contributed by atoms with Crippen molar-refractivity contribution in [3.8, 4) is 21.8 Å². The Morgan fingerprint density at radius 1 is 1.20 bits per heavy atom. The summed E-state index contributed by atoms with van der Waals surface area (Å²) in [7, 11) is 3.05. The topological polar surface area (TPSA) is 108 Å². The van der Waals surface area contributed by atoms with Gasteiger partial charge in [0.25, 0.3) is 11.8 Å². The predicted octanol–water partition coefficient (Wildman–Crippen LogP) is 3.58. The van der Waals surface area contributed by atoms with Crippen LogP contribution in [0.1, 0.15) is 37.6 Å². The van der Waals surface area contributed by atoms with Crippen LogP contribution in [0.15, 0.2) is 48.1 Å². The van der Waals surface area contributed by atoms with Crippen LogP contribution in [0.2, 0.25) is 0 Å². The molecule has 11 nitrogen and oxygen atoms in total. The number of anilines is 1. The lowest BCUT2D eigenvalue weighted by atomic mass is 10.0. The Bertz CT molecular complexity index is 1520. The number of carbonyl (C=O) groups excluding carboxylic acids is 2. The number of aromatic nitrogens is 4. The van der Waals surface area contributed by atoms with Gasteiger partial charge in [0.05, 0.1) is 35.1 Å². The number of fused-ring (bicyclic) bond motifs is 1. The van der Waals surface area contributed by atoms with Crippen LogP contribution in [0, 0.1) is 0 Å². The molecule has 0 bridgehead atoms. The van der Waals surface area contributed by atoms with Gasteiger partial charge in [-0.15, -0.1) is 11.3 Å². The average molecular weight is 577 g/mol. The highest BCUT2D eigenvalue weighted by Crippen LogP contribution is 2.32. The van der Waals surface area contributed by atoms with Crippen LogP contribution in [0.25, 0.3) is 27.5 Å². The Balaban J connectivity index is 1.52. The van der Waals surface area contributed by atoms with Gasteiger partial charge in [-0.25, -0.2) is 19.5 Å². The van der Waals surface area contributed by atoms with Gasteiger partial charge in [0.2, 0.25) is 0 Å². The molecule has 1 fully saturated rings. The number of hydrogen-bond donors (Lipinski definition) is 1. The Morgan fingerprint density at radius 3 is 2.66 bits per heavy atom. The van der Waals surface area contributed by atoms with Crippen molar-refractivity contribution in [3.63, 3.8) is 0 Å². The molecule has 1 aliphatic rings. The molecule has 1 N–H and O–H groups in total. The summed E-state index contributed by atoms with van der Waals surface area (Å²) in [5.41, 5.74) is 3.20. The van der Waals surface area contributed by atoms with E-state index < -0.39 is 6.04 Å². The normalized spacial score (nSPS) is 15.7. The van der Waals surface area contributed by atoms with E-state index in [1.807, 2.05) is 34.7 Å². The first-order valence-corrected chi connectivity index (χ1v) is 14.7. The van der Waals surface area contributed by atoms with E-state index in [1.165, 1.54) is 12.2 Å². The molecule has 0 aromatic carbocycles. The summed E-state index contributed by atoms with van der Waals surface area (Å²) in [6.45, 7) is 9.31. The van der Waals surface area contributed by atoms with E-state index in [0.717, 1.165) is 23.7 Å². The van der Waals surface area contributed by atoms with Crippen molar-refractivity contribution in [1.82, 2.24) is 34.9 Å². The number of hydroxylamine groups is 2. The lowest BCUT2D eigenvalue weighted by Gasteiger charge is -2.42. The molecule has 0 saturated carbocycles. The number of likely N-dealkylation sites (N-methyl/N-ethyl adjacent to an activating group) is 2. The molecule has 0 aliphatic carbocycles. The molecule has 2 amide bonds. The van der Waals surface area contributed by atoms with Crippen molar-refractivity contribution in [2.45, 2.75) is 39.3 Å². The standard InChI is InChI=1S/C29H36N8O3S/c1-6-35(7-2)19(3)17-30-28(38)20-15-23(32-26(16-20)36-12-11-24(36)29(39)34(4)40-5)21-18-31-37-13-10-22(33-27(21)37)25-9-8-14-41-25/h8-10,13-16,18-19,24H,6-7,11-12,17H2,1-5H3,(H,30,38). The highest BCUT2D eigenvalue weighted by atomic mass is 32.1. The van der Waals surface area contributed by atoms with E-state index in [0.29, 0.717) is 47.8 Å². The molecule has 1 saturated heterocycles. The molecular formula is C29H36N8O3S. The Morgan fingerprint density at radius 2 is 2.00 bits per heavy atom. The summed E-state index contributed by atoms with van der Waals surface area (Å²) < 4.78 is 1.70. The minimum Gasteiger partial charge on any atom is -0.350 e. The summed E-state index contributed by atoms with van der Waals surface area (Å²) >= 11 is 1.62. The van der Waals surface area contributed by atoms with Gasteiger partial charge in [-0.05, 0) is 56.1 Å². The van der Waals surface area contributed by atoms with Crippen LogP contribution >= 0.6 is 11.3 Å². The van der Waals surface area contributed by atoms with Crippen molar-refractivity contribution in [2.75, 3.05) is 45.2 Å². The molecule has 4 aromatic rings. The first kappa shape index (κ1) is 28.7. The van der Waals surface area contributed by atoms with Gasteiger partial charge in [-0.2, -0.15) is 5.10 Å². The summed E-state index contributed by atoms with van der Waals surface area (Å²) in [6, 6.07) is 9.24. The highest BCUT2D eigenvalue weighted by Gasteiger charge is 2.37. The minimum absolute atomic E-state index is 0.164. The van der Waals surface area contributed by atoms with Crippen molar-refractivity contribution >= 4 is 34.6 Å². The molecule has 5 heterocycles. The van der Waals surface area contributed by atoms with Gasteiger partial charge in [-0.1, -0.05) is 19.9 Å². The van der Waals surface area contributed by atoms with Crippen LogP contribution in [-0.2, 0) is 9.63 Å². The molecule has 4 aromatic heterocycles. The monoisotopic (exact) mass is 576 g/mol. The molecule has 5 rings (SSSR count). The van der Waals surface area contributed by atoms with Gasteiger partial charge in [0, 0.05) is 37.9 Å². The van der Waals surface area contributed by atoms with E-state index in [9.17, 15) is 9.59 Å². The number of nitrogens with one attached hydrogen (secondary N) is 1. The second kappa shape index (κ2) is 12.3. The number of nitrogens with zero attached hydrogens (tertiary/aromatic N) is 7. The number of carbonyl (C=O) groups is 2. The van der Waals surface area contributed by atoms with Gasteiger partial charge in [0.1, 0.15) is 11.9 Å². The SMILES string of the molecule is CCN(CC)C(C)CNC(=O)c1cc(-c2cnn3ccc(-c4cccs4)nc23)nc(N2CCC2C(=O)N(C)OC)c1. The number of amides is 2. The van der Waals surface area contributed by atoms with E-state index in [2.05, 4.69) is 36.1 Å². The highest BCUT2D eigenvalue weighted by molar-refractivity contribution is 7.13. The van der Waals surface area contributed by atoms with Crippen LogP contribution in [0.3, 0.4) is 0 Å². The predicted molar refractivity (Wildman–Crippen MR) is 160 cm³/mol. The van der Waals surface area contributed by atoms with E-state index >= 15 is 0 Å².